The highest BCUT2D eigenvalue weighted by Gasteiger charge is 2.39. The summed E-state index contributed by atoms with van der Waals surface area (Å²) in [5.74, 6) is 0.495. The summed E-state index contributed by atoms with van der Waals surface area (Å²) in [7, 11) is 0. The summed E-state index contributed by atoms with van der Waals surface area (Å²) in [5.41, 5.74) is 3.96. The highest BCUT2D eigenvalue weighted by atomic mass is 16.1. The van der Waals surface area contributed by atoms with Gasteiger partial charge in [0, 0.05) is 23.1 Å². The van der Waals surface area contributed by atoms with Gasteiger partial charge in [-0.2, -0.15) is 0 Å². The van der Waals surface area contributed by atoms with Gasteiger partial charge in [-0.1, -0.05) is 18.2 Å². The molecule has 0 radical (unpaired) electrons. The molecule has 4 rings (SSSR count). The van der Waals surface area contributed by atoms with Crippen molar-refractivity contribution in [3.8, 4) is 0 Å². The molecule has 0 amide bonds. The second kappa shape index (κ2) is 5.93. The van der Waals surface area contributed by atoms with Crippen molar-refractivity contribution in [1.82, 2.24) is 9.47 Å². The van der Waals surface area contributed by atoms with Crippen molar-refractivity contribution in [3.63, 3.8) is 0 Å². The van der Waals surface area contributed by atoms with E-state index in [1.807, 2.05) is 0 Å². The molecule has 1 saturated heterocycles. The maximum atomic E-state index is 11.3. The van der Waals surface area contributed by atoms with E-state index in [0.717, 1.165) is 32.2 Å². The Bertz CT molecular complexity index is 748. The van der Waals surface area contributed by atoms with Gasteiger partial charge in [-0.25, -0.2) is 0 Å². The van der Waals surface area contributed by atoms with Crippen LogP contribution in [0, 0.1) is 11.3 Å². The van der Waals surface area contributed by atoms with Gasteiger partial charge in [0.1, 0.15) is 6.29 Å². The van der Waals surface area contributed by atoms with E-state index in [0.29, 0.717) is 18.5 Å². The first-order valence-corrected chi connectivity index (χ1v) is 8.61. The summed E-state index contributed by atoms with van der Waals surface area (Å²) in [4.78, 5) is 13.9. The minimum atomic E-state index is 0.362. The number of hydrogen-bond acceptors (Lipinski definition) is 3. The van der Waals surface area contributed by atoms with Gasteiger partial charge in [-0.05, 0) is 56.0 Å². The number of carbonyl (C=O) groups excluding carboxylic acids is 1. The quantitative estimate of drug-likeness (QED) is 0.696. The van der Waals surface area contributed by atoms with Crippen molar-refractivity contribution in [3.05, 3.63) is 35.5 Å². The van der Waals surface area contributed by atoms with E-state index in [-0.39, 0.29) is 0 Å². The fourth-order valence-electron chi connectivity index (χ4n) is 4.72. The van der Waals surface area contributed by atoms with Gasteiger partial charge in [-0.3, -0.25) is 4.90 Å². The second-order valence-electron chi connectivity index (χ2n) is 6.73. The van der Waals surface area contributed by atoms with Crippen LogP contribution in [0.3, 0.4) is 0 Å². The van der Waals surface area contributed by atoms with E-state index in [1.165, 1.54) is 35.0 Å². The summed E-state index contributed by atoms with van der Waals surface area (Å²) in [5, 5.41) is 8.87. The molecule has 0 bridgehead atoms. The summed E-state index contributed by atoms with van der Waals surface area (Å²) in [6.45, 7) is 2.67. The fourth-order valence-corrected chi connectivity index (χ4v) is 4.72. The van der Waals surface area contributed by atoms with Crippen LogP contribution in [0.4, 0.5) is 0 Å². The third-order valence-corrected chi connectivity index (χ3v) is 5.59. The number of carbonyl (C=O) groups is 1. The monoisotopic (exact) mass is 309 g/mol. The first-order valence-electron chi connectivity index (χ1n) is 8.61. The molecule has 1 aromatic carbocycles. The zero-order valence-electron chi connectivity index (χ0n) is 13.4. The molecule has 23 heavy (non-hydrogen) atoms. The number of hydrogen-bond donors (Lipinski definition) is 1. The van der Waals surface area contributed by atoms with Crippen LogP contribution in [0.5, 0.6) is 0 Å². The van der Waals surface area contributed by atoms with Crippen LogP contribution in [-0.2, 0) is 17.8 Å². The van der Waals surface area contributed by atoms with Gasteiger partial charge < -0.3 is 14.8 Å². The lowest BCUT2D eigenvalue weighted by atomic mass is 9.81. The lowest BCUT2D eigenvalue weighted by Gasteiger charge is -2.44. The Labute approximate surface area is 136 Å². The molecule has 2 atom stereocenters. The Hall–Kier alpha value is -1.94. The van der Waals surface area contributed by atoms with E-state index >= 15 is 0 Å². The Morgan fingerprint density at radius 2 is 2.13 bits per heavy atom. The second-order valence-corrected chi connectivity index (χ2v) is 6.73. The van der Waals surface area contributed by atoms with Gasteiger partial charge in [0.25, 0.3) is 0 Å². The average Bonchev–Trinajstić information content (AvgIpc) is 2.90. The zero-order valence-corrected chi connectivity index (χ0v) is 13.4. The predicted molar refractivity (Wildman–Crippen MR) is 92.1 cm³/mol. The number of nitrogens with one attached hydrogen (secondary N) is 1. The number of benzene rings is 1. The van der Waals surface area contributed by atoms with E-state index in [9.17, 15) is 4.79 Å². The molecule has 4 nitrogen and oxygen atoms in total. The van der Waals surface area contributed by atoms with Crippen LogP contribution in [0.15, 0.2) is 24.3 Å². The van der Waals surface area contributed by atoms with Crippen LogP contribution in [-0.4, -0.2) is 35.1 Å². The van der Waals surface area contributed by atoms with Crippen molar-refractivity contribution in [2.75, 3.05) is 13.1 Å². The van der Waals surface area contributed by atoms with Crippen molar-refractivity contribution < 1.29 is 4.79 Å². The van der Waals surface area contributed by atoms with Gasteiger partial charge in [0.2, 0.25) is 0 Å². The minimum absolute atomic E-state index is 0.362. The smallest absolute Gasteiger partial charge is 0.139 e. The zero-order chi connectivity index (χ0) is 15.8. The molecule has 1 aromatic heterocycles. The van der Waals surface area contributed by atoms with Crippen LogP contribution in [0.1, 0.15) is 36.6 Å². The third kappa shape index (κ3) is 2.24. The molecule has 0 saturated carbocycles. The van der Waals surface area contributed by atoms with Crippen LogP contribution in [0.2, 0.25) is 0 Å². The number of rotatable bonds is 4. The van der Waals surface area contributed by atoms with Crippen LogP contribution < -0.4 is 0 Å². The molecule has 3 heterocycles. The standard InChI is InChI=1S/C19H23N3O/c20-9-7-14-4-3-10-21-11-8-16-15-5-1-2-6-17(15)22(12-13-23)19(16)18(14)21/h1-2,5-6,9,13-14,18,20H,3-4,7-8,10-12H2/t14-,18?/m0/s1. The van der Waals surface area contributed by atoms with Crippen molar-refractivity contribution in [2.24, 2.45) is 5.92 Å². The normalized spacial score (nSPS) is 24.2. The van der Waals surface area contributed by atoms with Gasteiger partial charge in [0.15, 0.2) is 0 Å². The highest BCUT2D eigenvalue weighted by Crippen LogP contribution is 2.44. The lowest BCUT2D eigenvalue weighted by molar-refractivity contribution is -0.108. The highest BCUT2D eigenvalue weighted by molar-refractivity contribution is 5.86. The van der Waals surface area contributed by atoms with Crippen LogP contribution >= 0.6 is 0 Å². The lowest BCUT2D eigenvalue weighted by Crippen LogP contribution is -2.44. The Kier molecular flexibility index (Phi) is 3.77. The average molecular weight is 309 g/mol. The largest absolute Gasteiger partial charge is 0.336 e. The Balaban J connectivity index is 1.93. The minimum Gasteiger partial charge on any atom is -0.336 e. The van der Waals surface area contributed by atoms with Crippen molar-refractivity contribution in [2.45, 2.75) is 38.3 Å². The number of nitrogens with zero attached hydrogens (tertiary/aromatic N) is 2. The molecule has 2 aromatic rings. The fraction of sp³-hybridized carbons (Fsp3) is 0.474. The van der Waals surface area contributed by atoms with Crippen molar-refractivity contribution >= 4 is 23.4 Å². The summed E-state index contributed by atoms with van der Waals surface area (Å²) < 4.78 is 2.23. The van der Waals surface area contributed by atoms with Gasteiger partial charge >= 0.3 is 0 Å². The molecule has 1 unspecified atom stereocenters. The molecule has 0 aliphatic carbocycles. The number of aldehydes is 1. The molecule has 2 aliphatic heterocycles. The van der Waals surface area contributed by atoms with Gasteiger partial charge in [0.05, 0.1) is 12.6 Å². The Morgan fingerprint density at radius 1 is 1.26 bits per heavy atom. The summed E-state index contributed by atoms with van der Waals surface area (Å²) in [6, 6.07) is 8.84. The van der Waals surface area contributed by atoms with E-state index in [4.69, 9.17) is 5.41 Å². The third-order valence-electron chi connectivity index (χ3n) is 5.59. The number of piperidine rings is 1. The van der Waals surface area contributed by atoms with Crippen molar-refractivity contribution in [1.29, 1.82) is 5.41 Å². The molecular weight excluding hydrogens is 286 g/mol. The van der Waals surface area contributed by atoms with Gasteiger partial charge in [-0.15, -0.1) is 0 Å². The first-order chi connectivity index (χ1) is 11.3. The summed E-state index contributed by atoms with van der Waals surface area (Å²) >= 11 is 0. The number of aromatic nitrogens is 1. The molecule has 0 spiro atoms. The number of fused-ring (bicyclic) bond motifs is 5. The summed E-state index contributed by atoms with van der Waals surface area (Å²) in [6.07, 6.45) is 6.88. The first kappa shape index (κ1) is 14.6. The van der Waals surface area contributed by atoms with E-state index < -0.39 is 0 Å². The van der Waals surface area contributed by atoms with Crippen LogP contribution in [0.25, 0.3) is 10.9 Å². The maximum absolute atomic E-state index is 11.3. The molecular formula is C19H23N3O. The van der Waals surface area contributed by atoms with E-state index in [2.05, 4.69) is 33.7 Å². The Morgan fingerprint density at radius 3 is 2.96 bits per heavy atom. The molecule has 2 aliphatic rings. The maximum Gasteiger partial charge on any atom is 0.139 e. The SMILES string of the molecule is N=CC[C@@H]1CCCN2CCc3c(n(CC=O)c4ccccc34)C12. The molecule has 1 N–H and O–H groups in total. The molecule has 1 fully saturated rings. The molecule has 120 valence electrons. The number of para-hydroxylation sites is 1. The topological polar surface area (TPSA) is 49.1 Å². The molecule has 4 heteroatoms. The predicted octanol–water partition coefficient (Wildman–Crippen LogP) is 3.19. The van der Waals surface area contributed by atoms with E-state index in [1.54, 1.807) is 6.21 Å².